The molecule has 3 atom stereocenters. The first-order valence-electron chi connectivity index (χ1n) is 3.54. The SMILES string of the molecule is CC(N)C(N)CC(N)CN. The molecule has 4 heteroatoms. The molecule has 0 amide bonds. The van der Waals surface area contributed by atoms with E-state index in [1.54, 1.807) is 0 Å². The molecule has 0 rings (SSSR count). The quantitative estimate of drug-likeness (QED) is 0.381. The van der Waals surface area contributed by atoms with Crippen molar-refractivity contribution in [2.75, 3.05) is 6.54 Å². The summed E-state index contributed by atoms with van der Waals surface area (Å²) in [5.74, 6) is 0. The Morgan fingerprint density at radius 1 is 1.20 bits per heavy atom. The number of hydrogen-bond acceptors (Lipinski definition) is 4. The van der Waals surface area contributed by atoms with Crippen LogP contribution in [-0.4, -0.2) is 24.7 Å². The molecule has 4 nitrogen and oxygen atoms in total. The Labute approximate surface area is 61.9 Å². The van der Waals surface area contributed by atoms with Gasteiger partial charge in [-0.05, 0) is 13.3 Å². The Morgan fingerprint density at radius 3 is 2.00 bits per heavy atom. The average molecular weight is 146 g/mol. The van der Waals surface area contributed by atoms with E-state index in [1.807, 2.05) is 6.92 Å². The van der Waals surface area contributed by atoms with Crippen LogP contribution in [0.4, 0.5) is 0 Å². The second kappa shape index (κ2) is 4.62. The van der Waals surface area contributed by atoms with E-state index in [4.69, 9.17) is 22.9 Å². The highest BCUT2D eigenvalue weighted by molar-refractivity contribution is 4.77. The maximum Gasteiger partial charge on any atom is 0.0204 e. The van der Waals surface area contributed by atoms with Crippen LogP contribution in [0.1, 0.15) is 13.3 Å². The number of hydrogen-bond donors (Lipinski definition) is 4. The average Bonchev–Trinajstić information content (AvgIpc) is 1.87. The molecule has 0 saturated heterocycles. The third-order valence-electron chi connectivity index (χ3n) is 1.55. The summed E-state index contributed by atoms with van der Waals surface area (Å²) in [6, 6.07) is -0.0443. The van der Waals surface area contributed by atoms with Gasteiger partial charge in [-0.1, -0.05) is 0 Å². The lowest BCUT2D eigenvalue weighted by atomic mass is 10.0. The maximum atomic E-state index is 5.63. The van der Waals surface area contributed by atoms with E-state index < -0.39 is 0 Å². The second-order valence-electron chi connectivity index (χ2n) is 2.75. The molecule has 62 valence electrons. The fourth-order valence-electron chi connectivity index (χ4n) is 0.660. The normalized spacial score (nSPS) is 20.1. The van der Waals surface area contributed by atoms with Crippen molar-refractivity contribution in [2.24, 2.45) is 22.9 Å². The van der Waals surface area contributed by atoms with Crippen molar-refractivity contribution < 1.29 is 0 Å². The first-order chi connectivity index (χ1) is 4.57. The summed E-state index contributed by atoms with van der Waals surface area (Å²) in [4.78, 5) is 0. The molecule has 0 aliphatic carbocycles. The lowest BCUT2D eigenvalue weighted by Gasteiger charge is -2.18. The van der Waals surface area contributed by atoms with Crippen molar-refractivity contribution in [3.8, 4) is 0 Å². The van der Waals surface area contributed by atoms with Crippen LogP contribution >= 0.6 is 0 Å². The van der Waals surface area contributed by atoms with E-state index in [0.29, 0.717) is 13.0 Å². The smallest absolute Gasteiger partial charge is 0.0204 e. The lowest BCUT2D eigenvalue weighted by molar-refractivity contribution is 0.472. The monoisotopic (exact) mass is 146 g/mol. The van der Waals surface area contributed by atoms with Gasteiger partial charge < -0.3 is 22.9 Å². The summed E-state index contributed by atoms with van der Waals surface area (Å²) in [7, 11) is 0. The molecule has 10 heavy (non-hydrogen) atoms. The van der Waals surface area contributed by atoms with Crippen LogP contribution in [0.5, 0.6) is 0 Å². The maximum absolute atomic E-state index is 5.63. The van der Waals surface area contributed by atoms with Gasteiger partial charge >= 0.3 is 0 Å². The summed E-state index contributed by atoms with van der Waals surface area (Å²) in [6.45, 7) is 2.34. The van der Waals surface area contributed by atoms with Crippen LogP contribution in [-0.2, 0) is 0 Å². The molecular weight excluding hydrogens is 128 g/mol. The van der Waals surface area contributed by atoms with E-state index in [0.717, 1.165) is 0 Å². The highest BCUT2D eigenvalue weighted by Gasteiger charge is 2.11. The standard InChI is InChI=1S/C6H18N4/c1-4(8)6(10)2-5(9)3-7/h4-6H,2-3,7-10H2,1H3. The van der Waals surface area contributed by atoms with Gasteiger partial charge in [0.25, 0.3) is 0 Å². The predicted octanol–water partition coefficient (Wildman–Crippen LogP) is -1.66. The van der Waals surface area contributed by atoms with Gasteiger partial charge in [0.2, 0.25) is 0 Å². The van der Waals surface area contributed by atoms with Crippen LogP contribution in [0.2, 0.25) is 0 Å². The molecule has 3 unspecified atom stereocenters. The fraction of sp³-hybridized carbons (Fsp3) is 1.00. The molecular formula is C6H18N4. The van der Waals surface area contributed by atoms with E-state index in [1.165, 1.54) is 0 Å². The van der Waals surface area contributed by atoms with Gasteiger partial charge in [-0.2, -0.15) is 0 Å². The highest BCUT2D eigenvalue weighted by atomic mass is 14.8. The summed E-state index contributed by atoms with van der Waals surface area (Å²) in [5.41, 5.74) is 22.0. The molecule has 0 aromatic heterocycles. The first kappa shape index (κ1) is 9.84. The fourth-order valence-corrected chi connectivity index (χ4v) is 0.660. The molecule has 0 bridgehead atoms. The van der Waals surface area contributed by atoms with Gasteiger partial charge in [-0.25, -0.2) is 0 Å². The molecule has 0 aliphatic rings. The van der Waals surface area contributed by atoms with Gasteiger partial charge in [-0.15, -0.1) is 0 Å². The first-order valence-corrected chi connectivity index (χ1v) is 3.54. The molecule has 0 aliphatic heterocycles. The van der Waals surface area contributed by atoms with E-state index in [2.05, 4.69) is 0 Å². The Hall–Kier alpha value is -0.160. The van der Waals surface area contributed by atoms with Crippen LogP contribution in [0.15, 0.2) is 0 Å². The van der Waals surface area contributed by atoms with Crippen molar-refractivity contribution in [3.63, 3.8) is 0 Å². The molecule has 8 N–H and O–H groups in total. The molecule has 0 aromatic carbocycles. The van der Waals surface area contributed by atoms with Crippen molar-refractivity contribution in [3.05, 3.63) is 0 Å². The predicted molar refractivity (Wildman–Crippen MR) is 43.3 cm³/mol. The second-order valence-corrected chi connectivity index (χ2v) is 2.75. The number of rotatable bonds is 4. The van der Waals surface area contributed by atoms with Crippen LogP contribution in [0, 0.1) is 0 Å². The Kier molecular flexibility index (Phi) is 4.55. The Balaban J connectivity index is 3.46. The Bertz CT molecular complexity index is 83.8. The van der Waals surface area contributed by atoms with E-state index in [-0.39, 0.29) is 18.1 Å². The van der Waals surface area contributed by atoms with Crippen LogP contribution in [0.3, 0.4) is 0 Å². The van der Waals surface area contributed by atoms with Gasteiger partial charge in [0, 0.05) is 24.7 Å². The van der Waals surface area contributed by atoms with Gasteiger partial charge in [0.15, 0.2) is 0 Å². The minimum absolute atomic E-state index is 0.00222. The highest BCUT2D eigenvalue weighted by Crippen LogP contribution is 1.94. The lowest BCUT2D eigenvalue weighted by Crippen LogP contribution is -2.45. The molecule has 0 heterocycles. The van der Waals surface area contributed by atoms with E-state index >= 15 is 0 Å². The minimum Gasteiger partial charge on any atom is -0.329 e. The van der Waals surface area contributed by atoms with Crippen molar-refractivity contribution >= 4 is 0 Å². The third kappa shape index (κ3) is 3.79. The Morgan fingerprint density at radius 2 is 1.70 bits per heavy atom. The largest absolute Gasteiger partial charge is 0.329 e. The summed E-state index contributed by atoms with van der Waals surface area (Å²) < 4.78 is 0. The minimum atomic E-state index is -0.0291. The zero-order valence-electron chi connectivity index (χ0n) is 6.46. The zero-order valence-corrected chi connectivity index (χ0v) is 6.46. The topological polar surface area (TPSA) is 104 Å². The zero-order chi connectivity index (χ0) is 8.15. The molecule has 0 fully saturated rings. The van der Waals surface area contributed by atoms with Crippen molar-refractivity contribution in [1.82, 2.24) is 0 Å². The summed E-state index contributed by atoms with van der Waals surface area (Å²) in [5, 5.41) is 0. The molecule has 0 saturated carbocycles. The summed E-state index contributed by atoms with van der Waals surface area (Å²) in [6.07, 6.45) is 0.703. The molecule has 0 radical (unpaired) electrons. The molecule has 0 aromatic rings. The van der Waals surface area contributed by atoms with Gasteiger partial charge in [0.05, 0.1) is 0 Å². The van der Waals surface area contributed by atoms with Crippen molar-refractivity contribution in [1.29, 1.82) is 0 Å². The van der Waals surface area contributed by atoms with Crippen molar-refractivity contribution in [2.45, 2.75) is 31.5 Å². The van der Waals surface area contributed by atoms with Crippen LogP contribution < -0.4 is 22.9 Å². The van der Waals surface area contributed by atoms with Crippen LogP contribution in [0.25, 0.3) is 0 Å². The van der Waals surface area contributed by atoms with Gasteiger partial charge in [0.1, 0.15) is 0 Å². The third-order valence-corrected chi connectivity index (χ3v) is 1.55. The molecule has 0 spiro atoms. The van der Waals surface area contributed by atoms with E-state index in [9.17, 15) is 0 Å². The number of nitrogens with two attached hydrogens (primary N) is 4. The summed E-state index contributed by atoms with van der Waals surface area (Å²) >= 11 is 0. The van der Waals surface area contributed by atoms with Gasteiger partial charge in [-0.3, -0.25) is 0 Å².